The van der Waals surface area contributed by atoms with Crippen molar-refractivity contribution < 1.29 is 9.13 Å². The molecule has 1 aliphatic heterocycles. The highest BCUT2D eigenvalue weighted by atomic mass is 19.1. The predicted octanol–water partition coefficient (Wildman–Crippen LogP) is 2.51. The zero-order chi connectivity index (χ0) is 21.5. The molecule has 5 rings (SSSR count). The summed E-state index contributed by atoms with van der Waals surface area (Å²) in [6.07, 6.45) is 5.62. The van der Waals surface area contributed by atoms with E-state index in [9.17, 15) is 9.18 Å². The smallest absolute Gasteiger partial charge is 0.274 e. The summed E-state index contributed by atoms with van der Waals surface area (Å²) in [6.45, 7) is 0.753. The van der Waals surface area contributed by atoms with E-state index in [4.69, 9.17) is 4.74 Å². The Hall–Kier alpha value is -3.95. The molecule has 1 aliphatic rings. The van der Waals surface area contributed by atoms with Crippen LogP contribution >= 0.6 is 0 Å². The predicted molar refractivity (Wildman–Crippen MR) is 114 cm³/mol. The molecule has 2 N–H and O–H groups in total. The maximum atomic E-state index is 14.5. The van der Waals surface area contributed by atoms with Crippen molar-refractivity contribution in [2.75, 3.05) is 23.9 Å². The molecule has 0 fully saturated rings. The molecule has 0 unspecified atom stereocenters. The molecule has 4 heterocycles. The Bertz CT molecular complexity index is 1350. The van der Waals surface area contributed by atoms with Crippen LogP contribution < -0.4 is 20.5 Å². The summed E-state index contributed by atoms with van der Waals surface area (Å²) in [4.78, 5) is 19.0. The van der Waals surface area contributed by atoms with Gasteiger partial charge in [-0.1, -0.05) is 0 Å². The van der Waals surface area contributed by atoms with Gasteiger partial charge < -0.3 is 15.0 Å². The van der Waals surface area contributed by atoms with Gasteiger partial charge in [0.25, 0.3) is 5.56 Å². The lowest BCUT2D eigenvalue weighted by atomic mass is 10.0. The molecule has 0 spiro atoms. The fraction of sp³-hybridized carbons (Fsp3) is 0.238. The van der Waals surface area contributed by atoms with E-state index in [0.717, 1.165) is 5.56 Å². The fourth-order valence-electron chi connectivity index (χ4n) is 3.87. The number of aromatic amines is 1. The number of benzene rings is 1. The van der Waals surface area contributed by atoms with Crippen molar-refractivity contribution in [3.05, 3.63) is 64.1 Å². The van der Waals surface area contributed by atoms with Crippen LogP contribution in [0.3, 0.4) is 0 Å². The molecule has 9 nitrogen and oxygen atoms in total. The van der Waals surface area contributed by atoms with Gasteiger partial charge in [0.2, 0.25) is 0 Å². The van der Waals surface area contributed by atoms with E-state index in [2.05, 4.69) is 25.6 Å². The normalized spacial score (nSPS) is 12.6. The summed E-state index contributed by atoms with van der Waals surface area (Å²) >= 11 is 0. The average Bonchev–Trinajstić information content (AvgIpc) is 3.42. The van der Waals surface area contributed by atoms with Crippen LogP contribution in [0, 0.1) is 5.82 Å². The highest BCUT2D eigenvalue weighted by Crippen LogP contribution is 2.33. The molecule has 4 aromatic rings. The summed E-state index contributed by atoms with van der Waals surface area (Å²) in [5.74, 6) is 1.53. The third-order valence-electron chi connectivity index (χ3n) is 5.46. The maximum Gasteiger partial charge on any atom is 0.274 e. The number of aryl methyl sites for hydroxylation is 1. The zero-order valence-corrected chi connectivity index (χ0v) is 17.0. The molecule has 3 aromatic heterocycles. The second kappa shape index (κ2) is 7.38. The molecule has 0 saturated heterocycles. The molecule has 0 amide bonds. The van der Waals surface area contributed by atoms with Crippen LogP contribution in [0.15, 0.2) is 41.6 Å². The molecule has 10 heteroatoms. The number of fused-ring (bicyclic) bond motifs is 2. The Kier molecular flexibility index (Phi) is 4.54. The van der Waals surface area contributed by atoms with Gasteiger partial charge in [-0.2, -0.15) is 10.2 Å². The number of H-pyrrole nitrogens is 1. The number of anilines is 3. The highest BCUT2D eigenvalue weighted by Gasteiger charge is 2.21. The average molecular weight is 421 g/mol. The molecular weight excluding hydrogens is 401 g/mol. The number of nitrogens with zero attached hydrogens (tertiary/aromatic N) is 5. The van der Waals surface area contributed by atoms with Crippen LogP contribution in [0.25, 0.3) is 10.8 Å². The van der Waals surface area contributed by atoms with Crippen LogP contribution in [0.1, 0.15) is 11.1 Å². The lowest BCUT2D eigenvalue weighted by Crippen LogP contribution is -2.18. The lowest BCUT2D eigenvalue weighted by Gasteiger charge is -2.19. The van der Waals surface area contributed by atoms with E-state index in [0.29, 0.717) is 52.4 Å². The molecule has 0 saturated carbocycles. The summed E-state index contributed by atoms with van der Waals surface area (Å²) in [7, 11) is 3.64. The minimum atomic E-state index is -0.346. The quantitative estimate of drug-likeness (QED) is 0.511. The molecule has 158 valence electrons. The van der Waals surface area contributed by atoms with Crippen LogP contribution in [0.2, 0.25) is 0 Å². The van der Waals surface area contributed by atoms with E-state index in [1.54, 1.807) is 21.8 Å². The first-order valence-electron chi connectivity index (χ1n) is 9.79. The summed E-state index contributed by atoms with van der Waals surface area (Å²) in [5.41, 5.74) is 1.64. The molecular formula is C21H20FN7O2. The van der Waals surface area contributed by atoms with Crippen molar-refractivity contribution in [2.45, 2.75) is 13.0 Å². The molecule has 0 atom stereocenters. The van der Waals surface area contributed by atoms with Gasteiger partial charge in [-0.3, -0.25) is 9.48 Å². The van der Waals surface area contributed by atoms with Crippen molar-refractivity contribution in [1.29, 1.82) is 0 Å². The lowest BCUT2D eigenvalue weighted by molar-refractivity contribution is 0.356. The third kappa shape index (κ3) is 3.25. The van der Waals surface area contributed by atoms with Gasteiger partial charge in [0, 0.05) is 50.5 Å². The topological polar surface area (TPSA) is 101 Å². The van der Waals surface area contributed by atoms with Crippen LogP contribution in [0.4, 0.5) is 21.7 Å². The Morgan fingerprint density at radius 1 is 1.32 bits per heavy atom. The number of halogens is 1. The minimum Gasteiger partial charge on any atom is -0.493 e. The SMILES string of the molecule is CN(c1ccn(C)n1)c1cnc(NCc2c(F)ccc3c2CCO3)c2cn[nH]c(=O)c12. The number of ether oxygens (including phenoxy) is 1. The summed E-state index contributed by atoms with van der Waals surface area (Å²) < 4.78 is 21.7. The van der Waals surface area contributed by atoms with E-state index < -0.39 is 0 Å². The van der Waals surface area contributed by atoms with Gasteiger partial charge in [-0.25, -0.2) is 14.5 Å². The van der Waals surface area contributed by atoms with Crippen molar-refractivity contribution in [1.82, 2.24) is 25.0 Å². The zero-order valence-electron chi connectivity index (χ0n) is 17.0. The molecule has 1 aromatic carbocycles. The largest absolute Gasteiger partial charge is 0.493 e. The molecule has 0 bridgehead atoms. The third-order valence-corrected chi connectivity index (χ3v) is 5.46. The van der Waals surface area contributed by atoms with Gasteiger partial charge in [-0.05, 0) is 12.1 Å². The summed E-state index contributed by atoms with van der Waals surface area (Å²) in [5, 5.41) is 14.9. The minimum absolute atomic E-state index is 0.211. The standard InChI is InChI=1S/C21H20FN7O2/c1-28-7-5-18(27-28)29(2)16-11-24-20(14-10-25-26-21(30)19(14)16)23-9-13-12-6-8-31-17(12)4-3-15(13)22/h3-5,7,10-11H,6,8-9H2,1-2H3,(H,23,24)(H,26,30). The van der Waals surface area contributed by atoms with Crippen molar-refractivity contribution in [3.8, 4) is 5.75 Å². The number of nitrogens with one attached hydrogen (secondary N) is 2. The number of hydrogen-bond donors (Lipinski definition) is 2. The number of aromatic nitrogens is 5. The second-order valence-electron chi connectivity index (χ2n) is 7.34. The van der Waals surface area contributed by atoms with Crippen molar-refractivity contribution in [3.63, 3.8) is 0 Å². The van der Waals surface area contributed by atoms with E-state index in [1.165, 1.54) is 12.3 Å². The monoisotopic (exact) mass is 421 g/mol. The van der Waals surface area contributed by atoms with Crippen LogP contribution in [-0.2, 0) is 20.0 Å². The van der Waals surface area contributed by atoms with E-state index in [-0.39, 0.29) is 17.9 Å². The van der Waals surface area contributed by atoms with Gasteiger partial charge in [0.05, 0.1) is 35.5 Å². The molecule has 0 aliphatic carbocycles. The number of rotatable bonds is 5. The van der Waals surface area contributed by atoms with Crippen LogP contribution in [-0.4, -0.2) is 38.6 Å². The van der Waals surface area contributed by atoms with Gasteiger partial charge in [-0.15, -0.1) is 0 Å². The Morgan fingerprint density at radius 2 is 2.19 bits per heavy atom. The van der Waals surface area contributed by atoms with Gasteiger partial charge in [0.1, 0.15) is 17.4 Å². The fourth-order valence-corrected chi connectivity index (χ4v) is 3.87. The van der Waals surface area contributed by atoms with Gasteiger partial charge in [0.15, 0.2) is 5.82 Å². The van der Waals surface area contributed by atoms with Gasteiger partial charge >= 0.3 is 0 Å². The van der Waals surface area contributed by atoms with E-state index >= 15 is 0 Å². The second-order valence-corrected chi connectivity index (χ2v) is 7.34. The van der Waals surface area contributed by atoms with Crippen molar-refractivity contribution >= 4 is 28.1 Å². The summed E-state index contributed by atoms with van der Waals surface area (Å²) in [6, 6.07) is 4.90. The van der Waals surface area contributed by atoms with E-state index in [1.807, 2.05) is 26.4 Å². The first-order chi connectivity index (χ1) is 15.0. The number of hydrogen-bond acceptors (Lipinski definition) is 7. The Morgan fingerprint density at radius 3 is 3.00 bits per heavy atom. The molecule has 31 heavy (non-hydrogen) atoms. The molecule has 0 radical (unpaired) electrons. The first kappa shape index (κ1) is 19.0. The Labute approximate surface area is 176 Å². The Balaban J connectivity index is 1.54. The van der Waals surface area contributed by atoms with Crippen molar-refractivity contribution in [2.24, 2.45) is 7.05 Å². The highest BCUT2D eigenvalue weighted by molar-refractivity contribution is 6.00. The maximum absolute atomic E-state index is 14.5. The number of pyridine rings is 1. The first-order valence-corrected chi connectivity index (χ1v) is 9.79. The van der Waals surface area contributed by atoms with Crippen LogP contribution in [0.5, 0.6) is 5.75 Å².